The average Bonchev–Trinajstić information content (AvgIpc) is 2.72. The topological polar surface area (TPSA) is 83.6 Å². The Labute approximate surface area is 105 Å². The van der Waals surface area contributed by atoms with Crippen LogP contribution in [-0.2, 0) is 22.7 Å². The zero-order valence-corrected chi connectivity index (χ0v) is 10.0. The highest BCUT2D eigenvalue weighted by molar-refractivity contribution is 5.86. The van der Waals surface area contributed by atoms with Crippen molar-refractivity contribution in [3.8, 4) is 0 Å². The number of amides is 1. The number of hydrogen-bond acceptors (Lipinski definition) is 3. The van der Waals surface area contributed by atoms with Gasteiger partial charge >= 0.3 is 5.97 Å². The van der Waals surface area contributed by atoms with Crippen LogP contribution in [0.2, 0.25) is 0 Å². The summed E-state index contributed by atoms with van der Waals surface area (Å²) in [5.74, 6) is -1.56. The second-order valence-electron chi connectivity index (χ2n) is 4.53. The fraction of sp³-hybridized carbons (Fsp3) is 0.385. The van der Waals surface area contributed by atoms with Crippen molar-refractivity contribution in [1.82, 2.24) is 4.90 Å². The van der Waals surface area contributed by atoms with Crippen LogP contribution in [0.1, 0.15) is 17.5 Å². The Morgan fingerprint density at radius 1 is 1.33 bits per heavy atom. The fourth-order valence-corrected chi connectivity index (χ4v) is 2.09. The zero-order valence-electron chi connectivity index (χ0n) is 10.0. The molecular weight excluding hydrogens is 232 g/mol. The largest absolute Gasteiger partial charge is 0.481 e. The van der Waals surface area contributed by atoms with Crippen molar-refractivity contribution >= 4 is 11.9 Å². The van der Waals surface area contributed by atoms with Crippen molar-refractivity contribution in [3.05, 3.63) is 35.4 Å². The molecule has 3 N–H and O–H groups in total. The lowest BCUT2D eigenvalue weighted by Gasteiger charge is -2.16. The molecule has 18 heavy (non-hydrogen) atoms. The van der Waals surface area contributed by atoms with Crippen molar-refractivity contribution < 1.29 is 14.7 Å². The van der Waals surface area contributed by atoms with Crippen LogP contribution in [0.15, 0.2) is 24.3 Å². The number of hydrogen-bond donors (Lipinski definition) is 2. The summed E-state index contributed by atoms with van der Waals surface area (Å²) < 4.78 is 0. The summed E-state index contributed by atoms with van der Waals surface area (Å²) >= 11 is 0. The second-order valence-corrected chi connectivity index (χ2v) is 4.53. The van der Waals surface area contributed by atoms with Gasteiger partial charge in [-0.15, -0.1) is 0 Å². The standard InChI is InChI=1S/C13H16N2O3/c14-6-9-1-3-10(4-2-9)7-15-8-11(13(17)18)5-12(15)16/h1-4,11H,5-8,14H2,(H,17,18). The Balaban J connectivity index is 2.01. The molecule has 1 unspecified atom stereocenters. The second kappa shape index (κ2) is 5.18. The number of nitrogens with two attached hydrogens (primary N) is 1. The third-order valence-electron chi connectivity index (χ3n) is 3.20. The molecule has 0 radical (unpaired) electrons. The zero-order chi connectivity index (χ0) is 13.1. The van der Waals surface area contributed by atoms with Crippen LogP contribution in [0, 0.1) is 5.92 Å². The number of likely N-dealkylation sites (tertiary alicyclic amines) is 1. The Bertz CT molecular complexity index is 456. The first-order chi connectivity index (χ1) is 8.60. The molecule has 5 nitrogen and oxygen atoms in total. The Kier molecular flexibility index (Phi) is 3.62. The van der Waals surface area contributed by atoms with Crippen LogP contribution in [-0.4, -0.2) is 28.4 Å². The van der Waals surface area contributed by atoms with E-state index < -0.39 is 11.9 Å². The van der Waals surface area contributed by atoms with Crippen LogP contribution in [0.5, 0.6) is 0 Å². The van der Waals surface area contributed by atoms with Gasteiger partial charge in [-0.1, -0.05) is 24.3 Å². The van der Waals surface area contributed by atoms with Crippen LogP contribution in [0.25, 0.3) is 0 Å². The molecule has 1 fully saturated rings. The molecule has 2 rings (SSSR count). The van der Waals surface area contributed by atoms with E-state index in [1.807, 2.05) is 24.3 Å². The Morgan fingerprint density at radius 2 is 1.94 bits per heavy atom. The number of carboxylic acids is 1. The highest BCUT2D eigenvalue weighted by Crippen LogP contribution is 2.20. The van der Waals surface area contributed by atoms with E-state index in [0.717, 1.165) is 11.1 Å². The summed E-state index contributed by atoms with van der Waals surface area (Å²) in [6.07, 6.45) is 0.107. The monoisotopic (exact) mass is 248 g/mol. The van der Waals surface area contributed by atoms with Gasteiger partial charge in [-0.3, -0.25) is 9.59 Å². The fourth-order valence-electron chi connectivity index (χ4n) is 2.09. The summed E-state index contributed by atoms with van der Waals surface area (Å²) in [7, 11) is 0. The highest BCUT2D eigenvalue weighted by atomic mass is 16.4. The molecule has 0 saturated carbocycles. The van der Waals surface area contributed by atoms with Gasteiger partial charge in [-0.05, 0) is 11.1 Å². The maximum atomic E-state index is 11.7. The lowest BCUT2D eigenvalue weighted by Crippen LogP contribution is -2.25. The molecule has 1 aliphatic heterocycles. The van der Waals surface area contributed by atoms with E-state index in [-0.39, 0.29) is 12.3 Å². The molecule has 1 heterocycles. The number of benzene rings is 1. The van der Waals surface area contributed by atoms with Crippen LogP contribution >= 0.6 is 0 Å². The average molecular weight is 248 g/mol. The van der Waals surface area contributed by atoms with Gasteiger partial charge in [0.15, 0.2) is 0 Å². The van der Waals surface area contributed by atoms with Crippen molar-refractivity contribution in [2.24, 2.45) is 11.7 Å². The van der Waals surface area contributed by atoms with Crippen LogP contribution in [0.3, 0.4) is 0 Å². The summed E-state index contributed by atoms with van der Waals surface area (Å²) in [4.78, 5) is 24.1. The highest BCUT2D eigenvalue weighted by Gasteiger charge is 2.33. The molecule has 1 aromatic carbocycles. The predicted octanol–water partition coefficient (Wildman–Crippen LogP) is 0.578. The summed E-state index contributed by atoms with van der Waals surface area (Å²) in [6, 6.07) is 7.68. The first-order valence-electron chi connectivity index (χ1n) is 5.88. The number of nitrogens with zero attached hydrogens (tertiary/aromatic N) is 1. The van der Waals surface area contributed by atoms with Gasteiger partial charge in [0.2, 0.25) is 5.91 Å². The van der Waals surface area contributed by atoms with Gasteiger partial charge in [-0.2, -0.15) is 0 Å². The van der Waals surface area contributed by atoms with E-state index in [1.165, 1.54) is 0 Å². The van der Waals surface area contributed by atoms with E-state index >= 15 is 0 Å². The molecular formula is C13H16N2O3. The first-order valence-corrected chi connectivity index (χ1v) is 5.88. The summed E-state index contributed by atoms with van der Waals surface area (Å²) in [5, 5.41) is 8.89. The Hall–Kier alpha value is -1.88. The number of carbonyl (C=O) groups is 2. The summed E-state index contributed by atoms with van der Waals surface area (Å²) in [5.41, 5.74) is 7.54. The first kappa shape index (κ1) is 12.6. The van der Waals surface area contributed by atoms with E-state index in [9.17, 15) is 9.59 Å². The van der Waals surface area contributed by atoms with Gasteiger partial charge in [0.1, 0.15) is 0 Å². The number of carboxylic acid groups (broad SMARTS) is 1. The normalized spacial score (nSPS) is 19.3. The van der Waals surface area contributed by atoms with Crippen LogP contribution in [0.4, 0.5) is 0 Å². The maximum Gasteiger partial charge on any atom is 0.308 e. The number of rotatable bonds is 4. The van der Waals surface area contributed by atoms with Gasteiger partial charge in [0, 0.05) is 26.1 Å². The van der Waals surface area contributed by atoms with E-state index in [4.69, 9.17) is 10.8 Å². The van der Waals surface area contributed by atoms with Gasteiger partial charge < -0.3 is 15.7 Å². The minimum Gasteiger partial charge on any atom is -0.481 e. The van der Waals surface area contributed by atoms with Crippen molar-refractivity contribution in [2.45, 2.75) is 19.5 Å². The molecule has 0 aromatic heterocycles. The number of aliphatic carboxylic acids is 1. The SMILES string of the molecule is NCc1ccc(CN2CC(C(=O)O)CC2=O)cc1. The molecule has 96 valence electrons. The minimum atomic E-state index is -0.899. The predicted molar refractivity (Wildman–Crippen MR) is 65.5 cm³/mol. The van der Waals surface area contributed by atoms with E-state index in [2.05, 4.69) is 0 Å². The molecule has 0 aliphatic carbocycles. The van der Waals surface area contributed by atoms with E-state index in [1.54, 1.807) is 4.90 Å². The van der Waals surface area contributed by atoms with Crippen LogP contribution < -0.4 is 5.73 Å². The van der Waals surface area contributed by atoms with E-state index in [0.29, 0.717) is 19.6 Å². The molecule has 5 heteroatoms. The molecule has 1 amide bonds. The van der Waals surface area contributed by atoms with Crippen molar-refractivity contribution in [1.29, 1.82) is 0 Å². The van der Waals surface area contributed by atoms with Crippen molar-refractivity contribution in [3.63, 3.8) is 0 Å². The molecule has 0 bridgehead atoms. The molecule has 1 atom stereocenters. The quantitative estimate of drug-likeness (QED) is 0.816. The molecule has 1 saturated heterocycles. The lowest BCUT2D eigenvalue weighted by molar-refractivity contribution is -0.141. The lowest BCUT2D eigenvalue weighted by atomic mass is 10.1. The third-order valence-corrected chi connectivity index (χ3v) is 3.20. The number of carbonyl (C=O) groups excluding carboxylic acids is 1. The van der Waals surface area contributed by atoms with Gasteiger partial charge in [0.25, 0.3) is 0 Å². The molecule has 1 aromatic rings. The smallest absolute Gasteiger partial charge is 0.308 e. The van der Waals surface area contributed by atoms with Gasteiger partial charge in [-0.25, -0.2) is 0 Å². The molecule has 0 spiro atoms. The maximum absolute atomic E-state index is 11.7. The van der Waals surface area contributed by atoms with Gasteiger partial charge in [0.05, 0.1) is 5.92 Å². The van der Waals surface area contributed by atoms with Crippen molar-refractivity contribution in [2.75, 3.05) is 6.54 Å². The third kappa shape index (κ3) is 2.68. The molecule has 1 aliphatic rings. The minimum absolute atomic E-state index is 0.0923. The Morgan fingerprint density at radius 3 is 2.44 bits per heavy atom. The summed E-state index contributed by atoms with van der Waals surface area (Å²) in [6.45, 7) is 1.25.